The molecule has 0 amide bonds. The molecule has 3 heteroatoms. The first-order chi connectivity index (χ1) is 8.15. The molecule has 0 aliphatic carbocycles. The molecule has 1 rings (SSSR count). The van der Waals surface area contributed by atoms with E-state index in [9.17, 15) is 0 Å². The second-order valence-electron chi connectivity index (χ2n) is 4.47. The minimum atomic E-state index is 0.502. The van der Waals surface area contributed by atoms with E-state index in [-0.39, 0.29) is 0 Å². The minimum absolute atomic E-state index is 0.502. The van der Waals surface area contributed by atoms with Gasteiger partial charge in [-0.15, -0.1) is 11.8 Å². The zero-order valence-corrected chi connectivity index (χ0v) is 12.5. The third kappa shape index (κ3) is 5.33. The largest absolute Gasteiger partial charge is 0.310 e. The van der Waals surface area contributed by atoms with Crippen molar-refractivity contribution in [2.24, 2.45) is 0 Å². The fourth-order valence-electron chi connectivity index (χ4n) is 1.49. The van der Waals surface area contributed by atoms with Crippen LogP contribution in [0.1, 0.15) is 39.2 Å². The quantitative estimate of drug-likeness (QED) is 0.568. The van der Waals surface area contributed by atoms with E-state index in [0.29, 0.717) is 6.04 Å². The maximum Gasteiger partial charge on any atom is 0.0545 e. The molecule has 0 aliphatic rings. The van der Waals surface area contributed by atoms with Gasteiger partial charge in [-0.05, 0) is 23.8 Å². The second kappa shape index (κ2) is 8.02. The maximum absolute atomic E-state index is 6.28. The first-order valence-electron chi connectivity index (χ1n) is 6.28. The van der Waals surface area contributed by atoms with Crippen molar-refractivity contribution in [3.05, 3.63) is 28.8 Å². The lowest BCUT2D eigenvalue weighted by atomic mass is 10.2. The van der Waals surface area contributed by atoms with Crippen LogP contribution in [0, 0.1) is 0 Å². The van der Waals surface area contributed by atoms with E-state index in [0.717, 1.165) is 17.3 Å². The Kier molecular flexibility index (Phi) is 7.02. The summed E-state index contributed by atoms with van der Waals surface area (Å²) in [4.78, 5) is 1.25. The Hall–Kier alpha value is -0.180. The lowest BCUT2D eigenvalue weighted by molar-refractivity contribution is 0.585. The Morgan fingerprint density at radius 3 is 2.76 bits per heavy atom. The van der Waals surface area contributed by atoms with E-state index >= 15 is 0 Å². The van der Waals surface area contributed by atoms with Gasteiger partial charge >= 0.3 is 0 Å². The summed E-state index contributed by atoms with van der Waals surface area (Å²) in [5.41, 5.74) is 1.31. The molecule has 0 saturated carbocycles. The van der Waals surface area contributed by atoms with Gasteiger partial charge in [0.2, 0.25) is 0 Å². The highest BCUT2D eigenvalue weighted by molar-refractivity contribution is 7.99. The zero-order valence-electron chi connectivity index (χ0n) is 10.9. The van der Waals surface area contributed by atoms with Crippen molar-refractivity contribution in [3.63, 3.8) is 0 Å². The standard InChI is InChI=1S/C14H22ClNS/c1-4-5-9-17-14-12(10-16-11(2)3)7-6-8-13(14)15/h6-8,11,16H,4-5,9-10H2,1-3H3. The summed E-state index contributed by atoms with van der Waals surface area (Å²) in [5.74, 6) is 1.15. The molecule has 0 fully saturated rings. The molecule has 0 radical (unpaired) electrons. The van der Waals surface area contributed by atoms with Crippen molar-refractivity contribution < 1.29 is 0 Å². The summed E-state index contributed by atoms with van der Waals surface area (Å²) < 4.78 is 0. The predicted molar refractivity (Wildman–Crippen MR) is 79.1 cm³/mol. The molecule has 0 spiro atoms. The van der Waals surface area contributed by atoms with E-state index in [1.54, 1.807) is 0 Å². The minimum Gasteiger partial charge on any atom is -0.310 e. The molecule has 96 valence electrons. The number of halogens is 1. The van der Waals surface area contributed by atoms with Crippen LogP contribution in [0.3, 0.4) is 0 Å². The predicted octanol–water partition coefficient (Wildman–Crippen LogP) is 4.73. The van der Waals surface area contributed by atoms with Crippen LogP contribution in [0.2, 0.25) is 5.02 Å². The van der Waals surface area contributed by atoms with Gasteiger partial charge in [-0.25, -0.2) is 0 Å². The van der Waals surface area contributed by atoms with Crippen LogP contribution in [-0.2, 0) is 6.54 Å². The Bertz CT molecular complexity index is 339. The average molecular weight is 272 g/mol. The summed E-state index contributed by atoms with van der Waals surface area (Å²) in [5, 5.41) is 4.33. The number of hydrogen-bond donors (Lipinski definition) is 1. The van der Waals surface area contributed by atoms with Gasteiger partial charge in [0.25, 0.3) is 0 Å². The number of benzene rings is 1. The Morgan fingerprint density at radius 2 is 2.12 bits per heavy atom. The molecule has 0 aliphatic heterocycles. The van der Waals surface area contributed by atoms with Gasteiger partial charge in [-0.2, -0.15) is 0 Å². The van der Waals surface area contributed by atoms with Gasteiger partial charge in [0, 0.05) is 17.5 Å². The van der Waals surface area contributed by atoms with Crippen molar-refractivity contribution in [3.8, 4) is 0 Å². The van der Waals surface area contributed by atoms with Gasteiger partial charge in [-0.1, -0.05) is 50.9 Å². The molecular weight excluding hydrogens is 250 g/mol. The molecule has 0 bridgehead atoms. The summed E-state index contributed by atoms with van der Waals surface area (Å²) in [6.07, 6.45) is 2.48. The van der Waals surface area contributed by atoms with E-state index in [1.807, 2.05) is 23.9 Å². The van der Waals surface area contributed by atoms with Crippen LogP contribution in [0.4, 0.5) is 0 Å². The van der Waals surface area contributed by atoms with Crippen LogP contribution >= 0.6 is 23.4 Å². The normalized spacial score (nSPS) is 11.1. The van der Waals surface area contributed by atoms with Crippen molar-refractivity contribution >= 4 is 23.4 Å². The summed E-state index contributed by atoms with van der Waals surface area (Å²) >= 11 is 8.15. The van der Waals surface area contributed by atoms with E-state index in [1.165, 1.54) is 23.3 Å². The summed E-state index contributed by atoms with van der Waals surface area (Å²) in [6, 6.07) is 6.68. The second-order valence-corrected chi connectivity index (χ2v) is 5.98. The van der Waals surface area contributed by atoms with Crippen molar-refractivity contribution in [2.75, 3.05) is 5.75 Å². The fraction of sp³-hybridized carbons (Fsp3) is 0.571. The van der Waals surface area contributed by atoms with Crippen molar-refractivity contribution in [2.45, 2.75) is 51.1 Å². The van der Waals surface area contributed by atoms with Crippen LogP contribution in [0.25, 0.3) is 0 Å². The Balaban J connectivity index is 2.69. The highest BCUT2D eigenvalue weighted by Gasteiger charge is 2.07. The molecule has 1 nitrogen and oxygen atoms in total. The SMILES string of the molecule is CCCCSc1c(Cl)cccc1CNC(C)C. The molecule has 0 unspecified atom stereocenters. The molecule has 1 aromatic carbocycles. The molecule has 1 N–H and O–H groups in total. The monoisotopic (exact) mass is 271 g/mol. The lowest BCUT2D eigenvalue weighted by Gasteiger charge is -2.13. The smallest absolute Gasteiger partial charge is 0.0545 e. The Labute approximate surface area is 114 Å². The van der Waals surface area contributed by atoms with Crippen molar-refractivity contribution in [1.29, 1.82) is 0 Å². The maximum atomic E-state index is 6.28. The molecule has 17 heavy (non-hydrogen) atoms. The number of rotatable bonds is 7. The van der Waals surface area contributed by atoms with Crippen LogP contribution in [-0.4, -0.2) is 11.8 Å². The first kappa shape index (κ1) is 14.9. The van der Waals surface area contributed by atoms with E-state index < -0.39 is 0 Å². The van der Waals surface area contributed by atoms with Crippen LogP contribution in [0.15, 0.2) is 23.1 Å². The van der Waals surface area contributed by atoms with Gasteiger partial charge in [0.1, 0.15) is 0 Å². The summed E-state index contributed by atoms with van der Waals surface area (Å²) in [6.45, 7) is 7.43. The number of hydrogen-bond acceptors (Lipinski definition) is 2. The fourth-order valence-corrected chi connectivity index (χ4v) is 3.01. The number of unbranched alkanes of at least 4 members (excludes halogenated alkanes) is 1. The highest BCUT2D eigenvalue weighted by atomic mass is 35.5. The Morgan fingerprint density at radius 1 is 1.35 bits per heavy atom. The molecule has 1 aromatic rings. The van der Waals surface area contributed by atoms with Crippen molar-refractivity contribution in [1.82, 2.24) is 5.32 Å². The van der Waals surface area contributed by atoms with Gasteiger partial charge in [0.05, 0.1) is 5.02 Å². The first-order valence-corrected chi connectivity index (χ1v) is 7.65. The van der Waals surface area contributed by atoms with Gasteiger partial charge < -0.3 is 5.32 Å². The third-order valence-electron chi connectivity index (χ3n) is 2.49. The molecule has 0 aromatic heterocycles. The number of thioether (sulfide) groups is 1. The zero-order chi connectivity index (χ0) is 12.7. The van der Waals surface area contributed by atoms with Gasteiger partial charge in [0.15, 0.2) is 0 Å². The summed E-state index contributed by atoms with van der Waals surface area (Å²) in [7, 11) is 0. The highest BCUT2D eigenvalue weighted by Crippen LogP contribution is 2.31. The van der Waals surface area contributed by atoms with E-state index in [4.69, 9.17) is 11.6 Å². The third-order valence-corrected chi connectivity index (χ3v) is 4.18. The van der Waals surface area contributed by atoms with Crippen LogP contribution in [0.5, 0.6) is 0 Å². The average Bonchev–Trinajstić information content (AvgIpc) is 2.29. The molecule has 0 saturated heterocycles. The number of nitrogens with one attached hydrogen (secondary N) is 1. The van der Waals surface area contributed by atoms with Gasteiger partial charge in [-0.3, -0.25) is 0 Å². The topological polar surface area (TPSA) is 12.0 Å². The molecule has 0 heterocycles. The lowest BCUT2D eigenvalue weighted by Crippen LogP contribution is -2.22. The van der Waals surface area contributed by atoms with Crippen LogP contribution < -0.4 is 5.32 Å². The molecule has 0 atom stereocenters. The van der Waals surface area contributed by atoms with E-state index in [2.05, 4.69) is 32.2 Å². The molecular formula is C14H22ClNS.